The van der Waals surface area contributed by atoms with Gasteiger partial charge < -0.3 is 10.2 Å². The summed E-state index contributed by atoms with van der Waals surface area (Å²) in [6.45, 7) is 5.83. The van der Waals surface area contributed by atoms with Crippen molar-refractivity contribution in [3.63, 3.8) is 0 Å². The zero-order chi connectivity index (χ0) is 13.3. The average molecular weight is 265 g/mol. The summed E-state index contributed by atoms with van der Waals surface area (Å²) in [5.74, 6) is 1.35. The molecular weight excluding hydrogens is 248 g/mol. The van der Waals surface area contributed by atoms with Gasteiger partial charge in [-0.2, -0.15) is 0 Å². The molecule has 1 heterocycles. The molecule has 0 radical (unpaired) electrons. The van der Waals surface area contributed by atoms with Gasteiger partial charge in [-0.05, 0) is 32.9 Å². The number of hydrogen-bond acceptors (Lipinski definition) is 3. The molecule has 0 amide bonds. The van der Waals surface area contributed by atoms with Crippen LogP contribution in [0.1, 0.15) is 25.3 Å². The summed E-state index contributed by atoms with van der Waals surface area (Å²) in [4.78, 5) is 4.50. The molecule has 1 aromatic carbocycles. The van der Waals surface area contributed by atoms with Gasteiger partial charge in [0.05, 0.1) is 16.3 Å². The maximum Gasteiger partial charge on any atom is 0.228 e. The Morgan fingerprint density at radius 2 is 2.00 bits per heavy atom. The fourth-order valence-electron chi connectivity index (χ4n) is 1.77. The van der Waals surface area contributed by atoms with Gasteiger partial charge in [-0.1, -0.05) is 23.7 Å². The summed E-state index contributed by atoms with van der Waals surface area (Å²) >= 11 is 6.13. The molecule has 3 nitrogen and oxygen atoms in total. The highest BCUT2D eigenvalue weighted by atomic mass is 35.5. The van der Waals surface area contributed by atoms with Crippen LogP contribution < -0.4 is 5.73 Å². The second kappa shape index (κ2) is 4.75. The summed E-state index contributed by atoms with van der Waals surface area (Å²) in [6, 6.07) is 7.51. The molecule has 18 heavy (non-hydrogen) atoms. The molecule has 0 spiro atoms. The first-order chi connectivity index (χ1) is 8.37. The smallest absolute Gasteiger partial charge is 0.228 e. The highest BCUT2D eigenvalue weighted by Gasteiger charge is 2.19. The van der Waals surface area contributed by atoms with Gasteiger partial charge in [0.2, 0.25) is 5.89 Å². The number of oxazole rings is 1. The van der Waals surface area contributed by atoms with Crippen LogP contribution in [0, 0.1) is 6.92 Å². The number of nitrogens with two attached hydrogens (primary N) is 1. The Labute approximate surface area is 112 Å². The summed E-state index contributed by atoms with van der Waals surface area (Å²) in [7, 11) is 0. The Bertz CT molecular complexity index is 555. The Morgan fingerprint density at radius 1 is 1.33 bits per heavy atom. The molecule has 0 aliphatic rings. The minimum absolute atomic E-state index is 0.306. The third kappa shape index (κ3) is 2.92. The monoisotopic (exact) mass is 264 g/mol. The van der Waals surface area contributed by atoms with Gasteiger partial charge in [-0.15, -0.1) is 0 Å². The first kappa shape index (κ1) is 13.1. The fraction of sp³-hybridized carbons (Fsp3) is 0.357. The standard InChI is InChI=1S/C14H17ClN2O/c1-9-12(8-14(2,3)16)17-13(18-9)10-6-4-5-7-11(10)15/h4-7H,8,16H2,1-3H3. The molecule has 0 bridgehead atoms. The van der Waals surface area contributed by atoms with Crippen LogP contribution >= 0.6 is 11.6 Å². The molecule has 0 unspecified atom stereocenters. The van der Waals surface area contributed by atoms with Crippen molar-refractivity contribution < 1.29 is 4.42 Å². The van der Waals surface area contributed by atoms with E-state index in [4.69, 9.17) is 21.8 Å². The lowest BCUT2D eigenvalue weighted by atomic mass is 9.99. The van der Waals surface area contributed by atoms with E-state index in [0.717, 1.165) is 17.0 Å². The minimum atomic E-state index is -0.306. The van der Waals surface area contributed by atoms with Crippen LogP contribution in [0.25, 0.3) is 11.5 Å². The van der Waals surface area contributed by atoms with E-state index in [2.05, 4.69) is 4.98 Å². The van der Waals surface area contributed by atoms with E-state index in [0.29, 0.717) is 17.3 Å². The third-order valence-electron chi connectivity index (χ3n) is 2.62. The molecule has 0 fully saturated rings. The predicted molar refractivity (Wildman–Crippen MR) is 73.7 cm³/mol. The van der Waals surface area contributed by atoms with Crippen molar-refractivity contribution in [1.29, 1.82) is 0 Å². The molecule has 0 atom stereocenters. The molecule has 96 valence electrons. The SMILES string of the molecule is Cc1oc(-c2ccccc2Cl)nc1CC(C)(C)N. The van der Waals surface area contributed by atoms with Crippen LogP contribution in [0.2, 0.25) is 5.02 Å². The van der Waals surface area contributed by atoms with Gasteiger partial charge in [0.1, 0.15) is 5.76 Å². The van der Waals surface area contributed by atoms with Crippen molar-refractivity contribution in [1.82, 2.24) is 4.98 Å². The van der Waals surface area contributed by atoms with Crippen molar-refractivity contribution in [2.24, 2.45) is 5.73 Å². The molecule has 4 heteroatoms. The first-order valence-electron chi connectivity index (χ1n) is 5.87. The van der Waals surface area contributed by atoms with Gasteiger partial charge in [0.25, 0.3) is 0 Å². The van der Waals surface area contributed by atoms with Crippen LogP contribution in [0.4, 0.5) is 0 Å². The van der Waals surface area contributed by atoms with Crippen molar-refractivity contribution in [2.75, 3.05) is 0 Å². The number of aromatic nitrogens is 1. The van der Waals surface area contributed by atoms with Crippen LogP contribution in [0.5, 0.6) is 0 Å². The molecule has 1 aromatic heterocycles. The number of nitrogens with zero attached hydrogens (tertiary/aromatic N) is 1. The van der Waals surface area contributed by atoms with E-state index in [9.17, 15) is 0 Å². The number of halogens is 1. The lowest BCUT2D eigenvalue weighted by Crippen LogP contribution is -2.34. The van der Waals surface area contributed by atoms with Crippen LogP contribution in [-0.2, 0) is 6.42 Å². The molecule has 0 saturated heterocycles. The van der Waals surface area contributed by atoms with Gasteiger partial charge in [0, 0.05) is 12.0 Å². The highest BCUT2D eigenvalue weighted by Crippen LogP contribution is 2.29. The molecule has 0 aliphatic carbocycles. The quantitative estimate of drug-likeness (QED) is 0.922. The van der Waals surface area contributed by atoms with Crippen LogP contribution in [0.3, 0.4) is 0 Å². The van der Waals surface area contributed by atoms with E-state index >= 15 is 0 Å². The second-order valence-corrected chi connectivity index (χ2v) is 5.57. The van der Waals surface area contributed by atoms with Crippen molar-refractivity contribution in [3.05, 3.63) is 40.7 Å². The van der Waals surface area contributed by atoms with Crippen LogP contribution in [-0.4, -0.2) is 10.5 Å². The Balaban J connectivity index is 2.38. The Hall–Kier alpha value is -1.32. The van der Waals surface area contributed by atoms with Gasteiger partial charge in [0.15, 0.2) is 0 Å². The van der Waals surface area contributed by atoms with Crippen molar-refractivity contribution in [2.45, 2.75) is 32.7 Å². The minimum Gasteiger partial charge on any atom is -0.441 e. The molecule has 2 aromatic rings. The van der Waals surface area contributed by atoms with Gasteiger partial charge in [-0.3, -0.25) is 0 Å². The molecule has 2 rings (SSSR count). The second-order valence-electron chi connectivity index (χ2n) is 5.17. The fourth-order valence-corrected chi connectivity index (χ4v) is 1.99. The predicted octanol–water partition coefficient (Wildman–Crippen LogP) is 3.58. The lowest BCUT2D eigenvalue weighted by Gasteiger charge is -2.16. The van der Waals surface area contributed by atoms with E-state index in [1.54, 1.807) is 0 Å². The third-order valence-corrected chi connectivity index (χ3v) is 2.95. The molecule has 2 N–H and O–H groups in total. The highest BCUT2D eigenvalue weighted by molar-refractivity contribution is 6.33. The number of benzene rings is 1. The number of rotatable bonds is 3. The Morgan fingerprint density at radius 3 is 2.61 bits per heavy atom. The molecule has 0 saturated carbocycles. The first-order valence-corrected chi connectivity index (χ1v) is 6.25. The number of aryl methyl sites for hydroxylation is 1. The lowest BCUT2D eigenvalue weighted by molar-refractivity contribution is 0.497. The van der Waals surface area contributed by atoms with Gasteiger partial charge >= 0.3 is 0 Å². The van der Waals surface area contributed by atoms with E-state index in [-0.39, 0.29) is 5.54 Å². The maximum absolute atomic E-state index is 6.13. The number of hydrogen-bond donors (Lipinski definition) is 1. The van der Waals surface area contributed by atoms with Gasteiger partial charge in [-0.25, -0.2) is 4.98 Å². The molecule has 0 aliphatic heterocycles. The molecular formula is C14H17ClN2O. The summed E-state index contributed by atoms with van der Waals surface area (Å²) in [5.41, 5.74) is 7.40. The van der Waals surface area contributed by atoms with E-state index in [1.807, 2.05) is 45.0 Å². The summed E-state index contributed by atoms with van der Waals surface area (Å²) in [5, 5.41) is 0.636. The largest absolute Gasteiger partial charge is 0.441 e. The summed E-state index contributed by atoms with van der Waals surface area (Å²) in [6.07, 6.45) is 0.673. The van der Waals surface area contributed by atoms with Crippen molar-refractivity contribution in [3.8, 4) is 11.5 Å². The van der Waals surface area contributed by atoms with Crippen LogP contribution in [0.15, 0.2) is 28.7 Å². The zero-order valence-electron chi connectivity index (χ0n) is 10.8. The summed E-state index contributed by atoms with van der Waals surface area (Å²) < 4.78 is 5.68. The van der Waals surface area contributed by atoms with E-state index in [1.165, 1.54) is 0 Å². The van der Waals surface area contributed by atoms with E-state index < -0.39 is 0 Å². The Kier molecular flexibility index (Phi) is 3.46. The topological polar surface area (TPSA) is 52.0 Å². The normalized spacial score (nSPS) is 11.8. The average Bonchev–Trinajstić information content (AvgIpc) is 2.58. The maximum atomic E-state index is 6.13. The zero-order valence-corrected chi connectivity index (χ0v) is 11.6. The van der Waals surface area contributed by atoms with Crippen molar-refractivity contribution >= 4 is 11.6 Å².